The molecule has 0 saturated heterocycles. The maximum Gasteiger partial charge on any atom is 0.233 e. The van der Waals surface area contributed by atoms with Crippen molar-refractivity contribution in [2.45, 2.75) is 56.1 Å². The fourth-order valence-electron chi connectivity index (χ4n) is 2.37. The van der Waals surface area contributed by atoms with Crippen molar-refractivity contribution in [2.75, 3.05) is 0 Å². The Labute approximate surface area is 151 Å². The van der Waals surface area contributed by atoms with E-state index in [0.717, 1.165) is 42.4 Å². The fourth-order valence-corrected chi connectivity index (χ4v) is 3.38. The predicted molar refractivity (Wildman–Crippen MR) is 97.2 cm³/mol. The summed E-state index contributed by atoms with van der Waals surface area (Å²) in [6.07, 6.45) is 3.15. The minimum absolute atomic E-state index is 0.0709. The number of benzene rings is 1. The van der Waals surface area contributed by atoms with E-state index in [4.69, 9.17) is 11.6 Å². The number of carbonyl (C=O) groups is 1. The lowest BCUT2D eigenvalue weighted by Gasteiger charge is -2.13. The van der Waals surface area contributed by atoms with Gasteiger partial charge in [0.25, 0.3) is 0 Å². The average Bonchev–Trinajstić information content (AvgIpc) is 3.30. The number of halogens is 1. The van der Waals surface area contributed by atoms with Gasteiger partial charge in [-0.3, -0.25) is 4.79 Å². The molecule has 5 nitrogen and oxygen atoms in total. The Hall–Kier alpha value is -1.53. The molecule has 0 spiro atoms. The topological polar surface area (TPSA) is 59.8 Å². The van der Waals surface area contributed by atoms with Gasteiger partial charge in [0.1, 0.15) is 0 Å². The molecule has 2 aromatic rings. The van der Waals surface area contributed by atoms with E-state index in [0.29, 0.717) is 11.1 Å². The molecule has 7 heteroatoms. The van der Waals surface area contributed by atoms with E-state index in [1.807, 2.05) is 31.2 Å². The minimum Gasteiger partial charge on any atom is -0.352 e. The van der Waals surface area contributed by atoms with Crippen LogP contribution in [-0.2, 0) is 11.3 Å². The fraction of sp³-hybridized carbons (Fsp3) is 0.471. The van der Waals surface area contributed by atoms with E-state index >= 15 is 0 Å². The highest BCUT2D eigenvalue weighted by atomic mass is 35.5. The van der Waals surface area contributed by atoms with E-state index in [-0.39, 0.29) is 11.2 Å². The first-order chi connectivity index (χ1) is 11.6. The lowest BCUT2D eigenvalue weighted by atomic mass is 10.2. The van der Waals surface area contributed by atoms with E-state index < -0.39 is 0 Å². The molecule has 0 aliphatic heterocycles. The molecule has 1 aliphatic carbocycles. The van der Waals surface area contributed by atoms with Gasteiger partial charge in [0.05, 0.1) is 5.25 Å². The summed E-state index contributed by atoms with van der Waals surface area (Å²) in [5, 5.41) is 13.0. The second-order valence-electron chi connectivity index (χ2n) is 6.01. The number of aromatic nitrogens is 3. The number of thioether (sulfide) groups is 1. The monoisotopic (exact) mass is 364 g/mol. The van der Waals surface area contributed by atoms with Gasteiger partial charge in [-0.1, -0.05) is 30.3 Å². The Kier molecular flexibility index (Phi) is 5.46. The van der Waals surface area contributed by atoms with Crippen LogP contribution in [0.15, 0.2) is 29.4 Å². The van der Waals surface area contributed by atoms with Crippen molar-refractivity contribution >= 4 is 29.3 Å². The van der Waals surface area contributed by atoms with Crippen LogP contribution in [0, 0.1) is 0 Å². The van der Waals surface area contributed by atoms with Gasteiger partial charge in [-0.2, -0.15) is 0 Å². The molecule has 1 aliphatic rings. The van der Waals surface area contributed by atoms with Crippen LogP contribution in [0.4, 0.5) is 0 Å². The predicted octanol–water partition coefficient (Wildman–Crippen LogP) is 3.77. The molecular weight excluding hydrogens is 344 g/mol. The van der Waals surface area contributed by atoms with E-state index in [9.17, 15) is 4.79 Å². The molecule has 1 aromatic heterocycles. The number of amides is 1. The van der Waals surface area contributed by atoms with Crippen LogP contribution in [0.1, 0.15) is 33.1 Å². The van der Waals surface area contributed by atoms with Crippen LogP contribution in [0.25, 0.3) is 11.4 Å². The van der Waals surface area contributed by atoms with Crippen LogP contribution in [0.2, 0.25) is 5.02 Å². The number of carbonyl (C=O) groups excluding carboxylic acids is 1. The minimum atomic E-state index is -0.191. The van der Waals surface area contributed by atoms with Crippen molar-refractivity contribution in [3.63, 3.8) is 0 Å². The highest BCUT2D eigenvalue weighted by Crippen LogP contribution is 2.28. The first kappa shape index (κ1) is 17.3. The molecule has 0 bridgehead atoms. The number of hydrogen-bond donors (Lipinski definition) is 1. The molecule has 128 valence electrons. The SMILES string of the molecule is CCCn1c(S[C@H](C)C(=O)NC2CC2)nnc1-c1ccc(Cl)cc1. The largest absolute Gasteiger partial charge is 0.352 e. The smallest absolute Gasteiger partial charge is 0.233 e. The number of nitrogens with one attached hydrogen (secondary N) is 1. The third kappa shape index (κ3) is 4.11. The molecule has 3 rings (SSSR count). The summed E-state index contributed by atoms with van der Waals surface area (Å²) in [5.74, 6) is 0.882. The number of hydrogen-bond acceptors (Lipinski definition) is 4. The number of rotatable bonds is 7. The zero-order valence-electron chi connectivity index (χ0n) is 13.8. The first-order valence-electron chi connectivity index (χ1n) is 8.24. The summed E-state index contributed by atoms with van der Waals surface area (Å²) in [7, 11) is 0. The van der Waals surface area contributed by atoms with Crippen molar-refractivity contribution in [1.29, 1.82) is 0 Å². The summed E-state index contributed by atoms with van der Waals surface area (Å²) < 4.78 is 2.08. The molecule has 1 N–H and O–H groups in total. The van der Waals surface area contributed by atoms with E-state index in [2.05, 4.69) is 27.0 Å². The third-order valence-electron chi connectivity index (χ3n) is 3.84. The van der Waals surface area contributed by atoms with Crippen molar-refractivity contribution in [3.05, 3.63) is 29.3 Å². The van der Waals surface area contributed by atoms with Gasteiger partial charge >= 0.3 is 0 Å². The maximum absolute atomic E-state index is 12.2. The summed E-state index contributed by atoms with van der Waals surface area (Å²) in [5.41, 5.74) is 0.974. The van der Waals surface area contributed by atoms with Crippen molar-refractivity contribution < 1.29 is 4.79 Å². The Balaban J connectivity index is 1.79. The zero-order chi connectivity index (χ0) is 17.1. The maximum atomic E-state index is 12.2. The molecule has 1 saturated carbocycles. The van der Waals surface area contributed by atoms with Crippen molar-refractivity contribution in [3.8, 4) is 11.4 Å². The van der Waals surface area contributed by atoms with Crippen molar-refractivity contribution in [2.24, 2.45) is 0 Å². The van der Waals surface area contributed by atoms with E-state index in [1.165, 1.54) is 11.8 Å². The highest BCUT2D eigenvalue weighted by Gasteiger charge is 2.27. The van der Waals surface area contributed by atoms with Gasteiger partial charge < -0.3 is 9.88 Å². The zero-order valence-corrected chi connectivity index (χ0v) is 15.4. The third-order valence-corrected chi connectivity index (χ3v) is 5.17. The summed E-state index contributed by atoms with van der Waals surface area (Å²) in [6, 6.07) is 7.95. The molecule has 24 heavy (non-hydrogen) atoms. The van der Waals surface area contributed by atoms with Crippen LogP contribution < -0.4 is 5.32 Å². The Morgan fingerprint density at radius 2 is 2.08 bits per heavy atom. The molecule has 1 fully saturated rings. The molecule has 1 amide bonds. The highest BCUT2D eigenvalue weighted by molar-refractivity contribution is 8.00. The van der Waals surface area contributed by atoms with Gasteiger partial charge in [0, 0.05) is 23.2 Å². The van der Waals surface area contributed by atoms with Crippen LogP contribution in [-0.4, -0.2) is 32.0 Å². The Bertz CT molecular complexity index is 712. The van der Waals surface area contributed by atoms with Gasteiger partial charge in [0.15, 0.2) is 11.0 Å². The average molecular weight is 365 g/mol. The van der Waals surface area contributed by atoms with Gasteiger partial charge in [0.2, 0.25) is 5.91 Å². The lowest BCUT2D eigenvalue weighted by Crippen LogP contribution is -2.32. The summed E-state index contributed by atoms with van der Waals surface area (Å²) in [6.45, 7) is 4.84. The normalized spacial score (nSPS) is 15.3. The lowest BCUT2D eigenvalue weighted by molar-refractivity contribution is -0.120. The molecule has 0 radical (unpaired) electrons. The Morgan fingerprint density at radius 3 is 2.71 bits per heavy atom. The standard InChI is InChI=1S/C17H21ClN4OS/c1-3-10-22-15(12-4-6-13(18)7-5-12)20-21-17(22)24-11(2)16(23)19-14-8-9-14/h4-7,11,14H,3,8-10H2,1-2H3,(H,19,23)/t11-/m1/s1. The first-order valence-corrected chi connectivity index (χ1v) is 9.50. The second-order valence-corrected chi connectivity index (χ2v) is 7.75. The molecule has 1 aromatic carbocycles. The summed E-state index contributed by atoms with van der Waals surface area (Å²) in [4.78, 5) is 12.2. The Morgan fingerprint density at radius 1 is 1.38 bits per heavy atom. The van der Waals surface area contributed by atoms with Crippen LogP contribution >= 0.6 is 23.4 Å². The van der Waals surface area contributed by atoms with Crippen LogP contribution in [0.3, 0.4) is 0 Å². The summed E-state index contributed by atoms with van der Waals surface area (Å²) >= 11 is 7.42. The molecule has 1 atom stereocenters. The van der Waals surface area contributed by atoms with E-state index in [1.54, 1.807) is 0 Å². The molecule has 0 unspecified atom stereocenters. The quantitative estimate of drug-likeness (QED) is 0.760. The number of nitrogens with zero attached hydrogens (tertiary/aromatic N) is 3. The molecule has 1 heterocycles. The molecular formula is C17H21ClN4OS. The van der Waals surface area contributed by atoms with Crippen molar-refractivity contribution in [1.82, 2.24) is 20.1 Å². The van der Waals surface area contributed by atoms with Gasteiger partial charge in [-0.25, -0.2) is 0 Å². The van der Waals surface area contributed by atoms with Gasteiger partial charge in [-0.15, -0.1) is 10.2 Å². The van der Waals surface area contributed by atoms with Crippen LogP contribution in [0.5, 0.6) is 0 Å². The van der Waals surface area contributed by atoms with Gasteiger partial charge in [-0.05, 0) is 50.5 Å². The second kappa shape index (κ2) is 7.57.